The number of ether oxygens (including phenoxy) is 3. The predicted molar refractivity (Wildman–Crippen MR) is 131 cm³/mol. The standard InChI is InChI=1S/C28H33NO4/c1-5-33-22-14-15-29(26(17-22)20-10-12-21(13-11-20)28(30)32-4)18-25-24-9-7-6-8-23(24)19(2)16-27(25)31-3/h6-13,16,22,26H,5,14-15,17-18H2,1-4H3/t22-,26-/m0/s1. The van der Waals surface area contributed by atoms with Crippen molar-refractivity contribution in [3.8, 4) is 5.75 Å². The number of fused-ring (bicyclic) bond motifs is 1. The van der Waals surface area contributed by atoms with Crippen LogP contribution >= 0.6 is 0 Å². The van der Waals surface area contributed by atoms with Gasteiger partial charge in [-0.2, -0.15) is 0 Å². The molecule has 3 aromatic rings. The van der Waals surface area contributed by atoms with Gasteiger partial charge in [-0.05, 0) is 66.8 Å². The van der Waals surface area contributed by atoms with Gasteiger partial charge in [-0.3, -0.25) is 4.90 Å². The van der Waals surface area contributed by atoms with Gasteiger partial charge >= 0.3 is 5.97 Å². The molecule has 0 saturated carbocycles. The molecule has 4 rings (SSSR count). The Bertz CT molecular complexity index is 1110. The summed E-state index contributed by atoms with van der Waals surface area (Å²) in [5, 5.41) is 2.50. The van der Waals surface area contributed by atoms with Gasteiger partial charge in [0.05, 0.1) is 25.9 Å². The number of nitrogens with zero attached hydrogens (tertiary/aromatic N) is 1. The Morgan fingerprint density at radius 2 is 1.79 bits per heavy atom. The van der Waals surface area contributed by atoms with E-state index in [9.17, 15) is 4.79 Å². The lowest BCUT2D eigenvalue weighted by Gasteiger charge is -2.40. The third-order valence-electron chi connectivity index (χ3n) is 6.69. The van der Waals surface area contributed by atoms with Crippen LogP contribution < -0.4 is 4.74 Å². The Labute approximate surface area is 196 Å². The maximum atomic E-state index is 11.9. The van der Waals surface area contributed by atoms with Gasteiger partial charge in [0.2, 0.25) is 0 Å². The Hall–Kier alpha value is -2.89. The highest BCUT2D eigenvalue weighted by Crippen LogP contribution is 2.38. The number of carbonyl (C=O) groups is 1. The van der Waals surface area contributed by atoms with Gasteiger partial charge in [0.15, 0.2) is 0 Å². The Morgan fingerprint density at radius 1 is 1.06 bits per heavy atom. The lowest BCUT2D eigenvalue weighted by Crippen LogP contribution is -2.39. The monoisotopic (exact) mass is 447 g/mol. The van der Waals surface area contributed by atoms with Crippen molar-refractivity contribution in [2.24, 2.45) is 0 Å². The van der Waals surface area contributed by atoms with E-state index in [2.05, 4.69) is 49.1 Å². The van der Waals surface area contributed by atoms with Gasteiger partial charge in [0.25, 0.3) is 0 Å². The first-order valence-corrected chi connectivity index (χ1v) is 11.6. The molecule has 0 radical (unpaired) electrons. The molecule has 3 aromatic carbocycles. The summed E-state index contributed by atoms with van der Waals surface area (Å²) < 4.78 is 16.7. The molecule has 1 aliphatic rings. The van der Waals surface area contributed by atoms with Crippen LogP contribution in [0.15, 0.2) is 54.6 Å². The number of piperidine rings is 1. The second kappa shape index (κ2) is 10.4. The summed E-state index contributed by atoms with van der Waals surface area (Å²) in [6.45, 7) is 6.62. The zero-order valence-electron chi connectivity index (χ0n) is 20.0. The molecular formula is C28H33NO4. The molecule has 1 fully saturated rings. The van der Waals surface area contributed by atoms with Crippen LogP contribution in [0.4, 0.5) is 0 Å². The highest BCUT2D eigenvalue weighted by atomic mass is 16.5. The average molecular weight is 448 g/mol. The molecule has 1 aliphatic heterocycles. The molecule has 2 atom stereocenters. The van der Waals surface area contributed by atoms with E-state index in [0.717, 1.165) is 38.3 Å². The third-order valence-corrected chi connectivity index (χ3v) is 6.69. The fraction of sp³-hybridized carbons (Fsp3) is 0.393. The van der Waals surface area contributed by atoms with E-state index in [1.807, 2.05) is 24.3 Å². The number of hydrogen-bond donors (Lipinski definition) is 0. The van der Waals surface area contributed by atoms with E-state index in [-0.39, 0.29) is 18.1 Å². The van der Waals surface area contributed by atoms with Gasteiger partial charge in [-0.1, -0.05) is 36.4 Å². The summed E-state index contributed by atoms with van der Waals surface area (Å²) in [5.41, 5.74) is 4.18. The lowest BCUT2D eigenvalue weighted by atomic mass is 9.91. The van der Waals surface area contributed by atoms with Gasteiger partial charge in [0, 0.05) is 31.3 Å². The molecule has 5 nitrogen and oxygen atoms in total. The first-order valence-electron chi connectivity index (χ1n) is 11.6. The molecule has 5 heteroatoms. The summed E-state index contributed by atoms with van der Waals surface area (Å²) in [7, 11) is 3.16. The van der Waals surface area contributed by atoms with Crippen LogP contribution in [0, 0.1) is 6.92 Å². The number of likely N-dealkylation sites (tertiary alicyclic amines) is 1. The number of carbonyl (C=O) groups excluding carboxylic acids is 1. The highest BCUT2D eigenvalue weighted by molar-refractivity contribution is 5.90. The SMILES string of the molecule is CCO[C@H]1CCN(Cc2c(OC)cc(C)c3ccccc23)[C@H](c2ccc(C(=O)OC)cc2)C1. The van der Waals surface area contributed by atoms with Crippen LogP contribution in [-0.4, -0.2) is 44.3 Å². The molecule has 33 heavy (non-hydrogen) atoms. The minimum atomic E-state index is -0.315. The van der Waals surface area contributed by atoms with Gasteiger partial charge in [-0.15, -0.1) is 0 Å². The molecule has 174 valence electrons. The van der Waals surface area contributed by atoms with E-state index in [1.165, 1.54) is 34.6 Å². The van der Waals surface area contributed by atoms with Crippen molar-refractivity contribution in [1.82, 2.24) is 4.90 Å². The minimum Gasteiger partial charge on any atom is -0.496 e. The molecule has 0 aromatic heterocycles. The summed E-state index contributed by atoms with van der Waals surface area (Å²) in [4.78, 5) is 14.4. The van der Waals surface area contributed by atoms with E-state index in [0.29, 0.717) is 5.56 Å². The quantitative estimate of drug-likeness (QED) is 0.436. The molecule has 0 aliphatic carbocycles. The first kappa shape index (κ1) is 23.3. The molecule has 1 saturated heterocycles. The number of methoxy groups -OCH3 is 2. The summed E-state index contributed by atoms with van der Waals surface area (Å²) in [6, 6.07) is 18.7. The highest BCUT2D eigenvalue weighted by Gasteiger charge is 2.31. The van der Waals surface area contributed by atoms with Crippen LogP contribution in [0.25, 0.3) is 10.8 Å². The Morgan fingerprint density at radius 3 is 2.45 bits per heavy atom. The van der Waals surface area contributed by atoms with E-state index < -0.39 is 0 Å². The Balaban J connectivity index is 1.70. The van der Waals surface area contributed by atoms with Crippen LogP contribution in [0.1, 0.15) is 52.9 Å². The molecule has 0 spiro atoms. The summed E-state index contributed by atoms with van der Waals surface area (Å²) in [5.74, 6) is 0.614. The second-order valence-corrected chi connectivity index (χ2v) is 8.62. The van der Waals surface area contributed by atoms with Gasteiger partial charge in [0.1, 0.15) is 5.75 Å². The maximum Gasteiger partial charge on any atom is 0.337 e. The van der Waals surface area contributed by atoms with Crippen molar-refractivity contribution < 1.29 is 19.0 Å². The van der Waals surface area contributed by atoms with Crippen molar-refractivity contribution >= 4 is 16.7 Å². The van der Waals surface area contributed by atoms with Crippen molar-refractivity contribution in [1.29, 1.82) is 0 Å². The van der Waals surface area contributed by atoms with Crippen LogP contribution in [0.2, 0.25) is 0 Å². The number of esters is 1. The molecule has 0 N–H and O–H groups in total. The summed E-state index contributed by atoms with van der Waals surface area (Å²) >= 11 is 0. The lowest BCUT2D eigenvalue weighted by molar-refractivity contribution is -0.0138. The van der Waals surface area contributed by atoms with Gasteiger partial charge in [-0.25, -0.2) is 4.79 Å². The van der Waals surface area contributed by atoms with Crippen LogP contribution in [0.5, 0.6) is 5.75 Å². The number of aryl methyl sites for hydroxylation is 1. The molecule has 0 bridgehead atoms. The second-order valence-electron chi connectivity index (χ2n) is 8.62. The molecule has 0 amide bonds. The van der Waals surface area contributed by atoms with E-state index in [1.54, 1.807) is 7.11 Å². The Kier molecular flexibility index (Phi) is 7.31. The van der Waals surface area contributed by atoms with Crippen LogP contribution in [-0.2, 0) is 16.0 Å². The molecule has 0 unspecified atom stereocenters. The normalized spacial score (nSPS) is 18.9. The maximum absolute atomic E-state index is 11.9. The largest absolute Gasteiger partial charge is 0.496 e. The van der Waals surface area contributed by atoms with Crippen molar-refractivity contribution in [3.63, 3.8) is 0 Å². The van der Waals surface area contributed by atoms with Gasteiger partial charge < -0.3 is 14.2 Å². The van der Waals surface area contributed by atoms with Crippen molar-refractivity contribution in [2.75, 3.05) is 27.4 Å². The first-order chi connectivity index (χ1) is 16.0. The predicted octanol–water partition coefficient (Wildman–Crippen LogP) is 5.69. The third kappa shape index (κ3) is 4.90. The topological polar surface area (TPSA) is 48.0 Å². The van der Waals surface area contributed by atoms with E-state index in [4.69, 9.17) is 14.2 Å². The molecule has 1 heterocycles. The molecular weight excluding hydrogens is 414 g/mol. The van der Waals surface area contributed by atoms with E-state index >= 15 is 0 Å². The average Bonchev–Trinajstić information content (AvgIpc) is 2.86. The number of rotatable bonds is 7. The number of benzene rings is 3. The van der Waals surface area contributed by atoms with Crippen LogP contribution in [0.3, 0.4) is 0 Å². The zero-order valence-corrected chi connectivity index (χ0v) is 20.0. The fourth-order valence-electron chi connectivity index (χ4n) is 5.00. The zero-order chi connectivity index (χ0) is 23.4. The fourth-order valence-corrected chi connectivity index (χ4v) is 5.00. The van der Waals surface area contributed by atoms with Crippen molar-refractivity contribution in [2.45, 2.75) is 45.4 Å². The van der Waals surface area contributed by atoms with Crippen molar-refractivity contribution in [3.05, 3.63) is 76.9 Å². The number of hydrogen-bond acceptors (Lipinski definition) is 5. The minimum absolute atomic E-state index is 0.187. The summed E-state index contributed by atoms with van der Waals surface area (Å²) in [6.07, 6.45) is 2.14. The smallest absolute Gasteiger partial charge is 0.337 e.